The van der Waals surface area contributed by atoms with Gasteiger partial charge in [0.25, 0.3) is 0 Å². The second-order valence-electron chi connectivity index (χ2n) is 7.01. The van der Waals surface area contributed by atoms with E-state index in [2.05, 4.69) is 34.1 Å². The number of anilines is 2. The van der Waals surface area contributed by atoms with Crippen molar-refractivity contribution in [2.45, 2.75) is 0 Å². The maximum absolute atomic E-state index is 10.0. The Bertz CT molecular complexity index is 1260. The molecule has 0 saturated carbocycles. The fourth-order valence-corrected chi connectivity index (χ4v) is 3.89. The van der Waals surface area contributed by atoms with Gasteiger partial charge in [-0.05, 0) is 42.5 Å². The van der Waals surface area contributed by atoms with E-state index in [-0.39, 0.29) is 0 Å². The number of rotatable bonds is 4. The SMILES string of the molecule is OB(O)c1cc(-n2c3ccccc3c3ccccc32)ccc1Nc1ccccc1. The molecule has 5 aromatic rings. The number of aromatic nitrogens is 1. The summed E-state index contributed by atoms with van der Waals surface area (Å²) in [5.74, 6) is 0. The maximum Gasteiger partial charge on any atom is 0.490 e. The van der Waals surface area contributed by atoms with E-state index < -0.39 is 7.12 Å². The highest BCUT2D eigenvalue weighted by atomic mass is 16.4. The van der Waals surface area contributed by atoms with E-state index in [0.29, 0.717) is 11.2 Å². The van der Waals surface area contributed by atoms with Crippen molar-refractivity contribution in [2.75, 3.05) is 5.32 Å². The molecule has 1 heterocycles. The van der Waals surface area contributed by atoms with Gasteiger partial charge in [-0.25, -0.2) is 0 Å². The van der Waals surface area contributed by atoms with Crippen LogP contribution < -0.4 is 10.8 Å². The Kier molecular flexibility index (Phi) is 4.32. The van der Waals surface area contributed by atoms with E-state index in [1.54, 1.807) is 0 Å². The molecule has 5 rings (SSSR count). The Labute approximate surface area is 168 Å². The van der Waals surface area contributed by atoms with E-state index in [0.717, 1.165) is 22.4 Å². The minimum Gasteiger partial charge on any atom is -0.423 e. The summed E-state index contributed by atoms with van der Waals surface area (Å²) in [4.78, 5) is 0. The summed E-state index contributed by atoms with van der Waals surface area (Å²) in [5.41, 5.74) is 5.01. The fourth-order valence-electron chi connectivity index (χ4n) is 3.89. The third-order valence-electron chi connectivity index (χ3n) is 5.20. The molecule has 0 fully saturated rings. The molecular weight excluding hydrogens is 359 g/mol. The van der Waals surface area contributed by atoms with Crippen molar-refractivity contribution < 1.29 is 10.0 Å². The number of hydrogen-bond donors (Lipinski definition) is 3. The van der Waals surface area contributed by atoms with Crippen LogP contribution in [0.25, 0.3) is 27.5 Å². The van der Waals surface area contributed by atoms with E-state index in [1.807, 2.05) is 72.8 Å². The van der Waals surface area contributed by atoms with Crippen LogP contribution in [-0.2, 0) is 0 Å². The molecule has 3 N–H and O–H groups in total. The largest absolute Gasteiger partial charge is 0.490 e. The average Bonchev–Trinajstić information content (AvgIpc) is 3.09. The zero-order valence-electron chi connectivity index (χ0n) is 15.7. The number of fused-ring (bicyclic) bond motifs is 3. The molecular formula is C24H19BN2O2. The fraction of sp³-hybridized carbons (Fsp3) is 0. The third kappa shape index (κ3) is 3.07. The minimum atomic E-state index is -1.59. The molecule has 1 aromatic heterocycles. The highest BCUT2D eigenvalue weighted by Crippen LogP contribution is 2.32. The van der Waals surface area contributed by atoms with Gasteiger partial charge in [0.1, 0.15) is 0 Å². The van der Waals surface area contributed by atoms with E-state index >= 15 is 0 Å². The zero-order valence-corrected chi connectivity index (χ0v) is 15.7. The Morgan fingerprint density at radius 1 is 0.655 bits per heavy atom. The summed E-state index contributed by atoms with van der Waals surface area (Å²) >= 11 is 0. The molecule has 0 amide bonds. The normalized spacial score (nSPS) is 11.1. The van der Waals surface area contributed by atoms with Crippen LogP contribution >= 0.6 is 0 Å². The molecule has 0 radical (unpaired) electrons. The predicted octanol–water partition coefficient (Wildman–Crippen LogP) is 4.21. The van der Waals surface area contributed by atoms with Crippen molar-refractivity contribution in [1.82, 2.24) is 4.57 Å². The summed E-state index contributed by atoms with van der Waals surface area (Å²) in [6, 6.07) is 31.9. The molecule has 0 aliphatic rings. The van der Waals surface area contributed by atoms with E-state index in [4.69, 9.17) is 0 Å². The highest BCUT2D eigenvalue weighted by molar-refractivity contribution is 6.60. The molecule has 0 aliphatic heterocycles. The van der Waals surface area contributed by atoms with Crippen LogP contribution in [-0.4, -0.2) is 21.7 Å². The molecule has 4 nitrogen and oxygen atoms in total. The number of para-hydroxylation sites is 3. The number of nitrogens with one attached hydrogen (secondary N) is 1. The van der Waals surface area contributed by atoms with Gasteiger partial charge in [0, 0.05) is 33.3 Å². The van der Waals surface area contributed by atoms with Gasteiger partial charge in [-0.1, -0.05) is 54.6 Å². The van der Waals surface area contributed by atoms with Crippen LogP contribution in [0.5, 0.6) is 0 Å². The van der Waals surface area contributed by atoms with Gasteiger partial charge in [0.05, 0.1) is 11.0 Å². The first-order chi connectivity index (χ1) is 14.2. The maximum atomic E-state index is 10.0. The van der Waals surface area contributed by atoms with Gasteiger partial charge in [-0.2, -0.15) is 0 Å². The highest BCUT2D eigenvalue weighted by Gasteiger charge is 2.19. The first-order valence-electron chi connectivity index (χ1n) is 9.53. The monoisotopic (exact) mass is 378 g/mol. The van der Waals surface area contributed by atoms with Crippen LogP contribution in [0.2, 0.25) is 0 Å². The summed E-state index contributed by atoms with van der Waals surface area (Å²) < 4.78 is 2.16. The van der Waals surface area contributed by atoms with Crippen molar-refractivity contribution in [3.63, 3.8) is 0 Å². The lowest BCUT2D eigenvalue weighted by atomic mass is 9.78. The lowest BCUT2D eigenvalue weighted by Gasteiger charge is -2.15. The molecule has 140 valence electrons. The Morgan fingerprint density at radius 2 is 1.24 bits per heavy atom. The van der Waals surface area contributed by atoms with Gasteiger partial charge < -0.3 is 19.9 Å². The topological polar surface area (TPSA) is 57.4 Å². The molecule has 29 heavy (non-hydrogen) atoms. The Balaban J connectivity index is 1.70. The summed E-state index contributed by atoms with van der Waals surface area (Å²) in [6.07, 6.45) is 0. The van der Waals surface area contributed by atoms with Crippen LogP contribution in [0, 0.1) is 0 Å². The second-order valence-corrected chi connectivity index (χ2v) is 7.01. The summed E-state index contributed by atoms with van der Waals surface area (Å²) in [6.45, 7) is 0. The smallest absolute Gasteiger partial charge is 0.423 e. The van der Waals surface area contributed by atoms with Crippen LogP contribution in [0.3, 0.4) is 0 Å². The van der Waals surface area contributed by atoms with Gasteiger partial charge in [0.15, 0.2) is 0 Å². The Morgan fingerprint density at radius 3 is 1.86 bits per heavy atom. The lowest BCUT2D eigenvalue weighted by Crippen LogP contribution is -2.32. The van der Waals surface area contributed by atoms with Gasteiger partial charge in [-0.3, -0.25) is 0 Å². The van der Waals surface area contributed by atoms with Crippen molar-refractivity contribution in [3.05, 3.63) is 97.1 Å². The standard InChI is InChI=1S/C24H19BN2O2/c28-25(29)21-16-18(14-15-22(21)26-17-8-2-1-3-9-17)27-23-12-6-4-10-19(23)20-11-5-7-13-24(20)27/h1-16,26,28-29H. The molecule has 0 saturated heterocycles. The molecule has 4 aromatic carbocycles. The molecule has 0 atom stereocenters. The van der Waals surface area contributed by atoms with Crippen LogP contribution in [0.15, 0.2) is 97.1 Å². The molecule has 0 aliphatic carbocycles. The van der Waals surface area contributed by atoms with Crippen molar-refractivity contribution in [1.29, 1.82) is 0 Å². The zero-order chi connectivity index (χ0) is 19.8. The van der Waals surface area contributed by atoms with Gasteiger partial charge in [-0.15, -0.1) is 0 Å². The van der Waals surface area contributed by atoms with Gasteiger partial charge >= 0.3 is 7.12 Å². The second kappa shape index (κ2) is 7.13. The van der Waals surface area contributed by atoms with Crippen LogP contribution in [0.1, 0.15) is 0 Å². The first kappa shape index (κ1) is 17.6. The molecule has 0 spiro atoms. The number of hydrogen-bond acceptors (Lipinski definition) is 3. The first-order valence-corrected chi connectivity index (χ1v) is 9.53. The summed E-state index contributed by atoms with van der Waals surface area (Å²) in [5, 5.41) is 25.7. The summed E-state index contributed by atoms with van der Waals surface area (Å²) in [7, 11) is -1.59. The van der Waals surface area contributed by atoms with E-state index in [1.165, 1.54) is 10.8 Å². The van der Waals surface area contributed by atoms with E-state index in [9.17, 15) is 10.0 Å². The molecule has 5 heteroatoms. The average molecular weight is 378 g/mol. The predicted molar refractivity (Wildman–Crippen MR) is 120 cm³/mol. The van der Waals surface area contributed by atoms with Crippen molar-refractivity contribution >= 4 is 45.8 Å². The third-order valence-corrected chi connectivity index (χ3v) is 5.20. The number of benzene rings is 4. The lowest BCUT2D eigenvalue weighted by molar-refractivity contribution is 0.426. The van der Waals surface area contributed by atoms with Crippen LogP contribution in [0.4, 0.5) is 11.4 Å². The quantitative estimate of drug-likeness (QED) is 0.411. The van der Waals surface area contributed by atoms with Crippen molar-refractivity contribution in [2.24, 2.45) is 0 Å². The Hall–Kier alpha value is -3.54. The number of nitrogens with zero attached hydrogens (tertiary/aromatic N) is 1. The molecule has 0 bridgehead atoms. The van der Waals surface area contributed by atoms with Gasteiger partial charge in [0.2, 0.25) is 0 Å². The molecule has 0 unspecified atom stereocenters. The van der Waals surface area contributed by atoms with Crippen molar-refractivity contribution in [3.8, 4) is 5.69 Å². The minimum absolute atomic E-state index is 0.424.